The van der Waals surface area contributed by atoms with Crippen LogP contribution in [0, 0.1) is 11.8 Å². The number of carbonyl (C=O) groups excluding carboxylic acids is 1. The van der Waals surface area contributed by atoms with Crippen molar-refractivity contribution in [3.63, 3.8) is 0 Å². The molecule has 1 aliphatic carbocycles. The molecule has 1 fully saturated rings. The number of carbonyl (C=O) groups is 1. The van der Waals surface area contributed by atoms with Crippen molar-refractivity contribution in [1.82, 2.24) is 4.90 Å². The van der Waals surface area contributed by atoms with Crippen molar-refractivity contribution in [3.8, 4) is 0 Å². The molecule has 0 aromatic carbocycles. The predicted molar refractivity (Wildman–Crippen MR) is 65.2 cm³/mol. The lowest BCUT2D eigenvalue weighted by molar-refractivity contribution is -0.147. The van der Waals surface area contributed by atoms with Gasteiger partial charge in [0, 0.05) is 12.6 Å². The number of hydrogen-bond acceptors (Lipinski definition) is 3. The van der Waals surface area contributed by atoms with Crippen molar-refractivity contribution in [1.29, 1.82) is 0 Å². The van der Waals surface area contributed by atoms with Gasteiger partial charge < -0.3 is 4.74 Å². The quantitative estimate of drug-likeness (QED) is 0.652. The van der Waals surface area contributed by atoms with Gasteiger partial charge in [0.2, 0.25) is 0 Å². The van der Waals surface area contributed by atoms with Crippen LogP contribution in [0.4, 0.5) is 0 Å². The molecule has 0 aromatic heterocycles. The minimum atomic E-state index is -0.0976. The molecule has 1 aliphatic rings. The predicted octanol–water partition coefficient (Wildman–Crippen LogP) is 2.31. The van der Waals surface area contributed by atoms with Crippen LogP contribution in [0.15, 0.2) is 0 Å². The summed E-state index contributed by atoms with van der Waals surface area (Å²) in [5.41, 5.74) is 0. The molecule has 3 heteroatoms. The molecule has 94 valence electrons. The lowest BCUT2D eigenvalue weighted by Gasteiger charge is -2.36. The molecule has 0 aromatic rings. The molecule has 0 bridgehead atoms. The number of hydrogen-bond donors (Lipinski definition) is 0. The first-order valence-corrected chi connectivity index (χ1v) is 6.42. The Labute approximate surface area is 99.1 Å². The van der Waals surface area contributed by atoms with Gasteiger partial charge in [0.25, 0.3) is 0 Å². The van der Waals surface area contributed by atoms with E-state index in [0.29, 0.717) is 0 Å². The number of nitrogens with zero attached hydrogens (tertiary/aromatic N) is 1. The maximum atomic E-state index is 11.5. The minimum absolute atomic E-state index is 0.0370. The molecular formula is C13H25NO2. The zero-order chi connectivity index (χ0) is 12.1. The van der Waals surface area contributed by atoms with Gasteiger partial charge in [-0.2, -0.15) is 0 Å². The lowest BCUT2D eigenvalue weighted by Crippen LogP contribution is -2.44. The molecule has 0 amide bonds. The summed E-state index contributed by atoms with van der Waals surface area (Å²) in [4.78, 5) is 13.9. The molecule has 0 heterocycles. The summed E-state index contributed by atoms with van der Waals surface area (Å²) in [7, 11) is 1.47. The Morgan fingerprint density at radius 1 is 1.44 bits per heavy atom. The van der Waals surface area contributed by atoms with E-state index in [1.165, 1.54) is 26.4 Å². The average Bonchev–Trinajstić information content (AvgIpc) is 2.25. The normalized spacial score (nSPS) is 20.3. The first-order valence-electron chi connectivity index (χ1n) is 6.42. The lowest BCUT2D eigenvalue weighted by atomic mass is 9.84. The standard InChI is InChI=1S/C13H25NO2/c1-5-14(9-12-7-6-8-12)11(3)10(2)13(15)16-4/h10-12H,5-9H2,1-4H3. The van der Waals surface area contributed by atoms with Crippen molar-refractivity contribution in [3.05, 3.63) is 0 Å². The van der Waals surface area contributed by atoms with Crippen LogP contribution in [0.2, 0.25) is 0 Å². The topological polar surface area (TPSA) is 29.5 Å². The van der Waals surface area contributed by atoms with Crippen LogP contribution in [-0.2, 0) is 9.53 Å². The molecule has 1 saturated carbocycles. The van der Waals surface area contributed by atoms with E-state index in [2.05, 4.69) is 18.7 Å². The van der Waals surface area contributed by atoms with E-state index in [0.717, 1.165) is 19.0 Å². The largest absolute Gasteiger partial charge is 0.469 e. The summed E-state index contributed by atoms with van der Waals surface area (Å²) >= 11 is 0. The van der Waals surface area contributed by atoms with Crippen LogP contribution in [-0.4, -0.2) is 37.1 Å². The Morgan fingerprint density at radius 3 is 2.44 bits per heavy atom. The second-order valence-electron chi connectivity index (χ2n) is 4.94. The maximum absolute atomic E-state index is 11.5. The summed E-state index contributed by atoms with van der Waals surface area (Å²) in [5, 5.41) is 0. The van der Waals surface area contributed by atoms with E-state index in [1.807, 2.05) is 6.92 Å². The van der Waals surface area contributed by atoms with Gasteiger partial charge in [0.1, 0.15) is 0 Å². The van der Waals surface area contributed by atoms with Crippen LogP contribution in [0.5, 0.6) is 0 Å². The minimum Gasteiger partial charge on any atom is -0.469 e. The van der Waals surface area contributed by atoms with Crippen LogP contribution in [0.25, 0.3) is 0 Å². The average molecular weight is 227 g/mol. The highest BCUT2D eigenvalue weighted by Crippen LogP contribution is 2.28. The van der Waals surface area contributed by atoms with E-state index in [1.54, 1.807) is 0 Å². The summed E-state index contributed by atoms with van der Waals surface area (Å²) in [6.07, 6.45) is 4.09. The van der Waals surface area contributed by atoms with Crippen molar-refractivity contribution >= 4 is 5.97 Å². The molecule has 1 rings (SSSR count). The zero-order valence-electron chi connectivity index (χ0n) is 11.0. The molecular weight excluding hydrogens is 202 g/mol. The molecule has 0 spiro atoms. The van der Waals surface area contributed by atoms with Crippen LogP contribution >= 0.6 is 0 Å². The number of esters is 1. The van der Waals surface area contributed by atoms with E-state index in [-0.39, 0.29) is 17.9 Å². The molecule has 0 radical (unpaired) electrons. The van der Waals surface area contributed by atoms with Crippen LogP contribution in [0.3, 0.4) is 0 Å². The van der Waals surface area contributed by atoms with Gasteiger partial charge in [-0.15, -0.1) is 0 Å². The SMILES string of the molecule is CCN(CC1CCC1)C(C)C(C)C(=O)OC. The Hall–Kier alpha value is -0.570. The fraction of sp³-hybridized carbons (Fsp3) is 0.923. The smallest absolute Gasteiger partial charge is 0.309 e. The fourth-order valence-corrected chi connectivity index (χ4v) is 2.29. The van der Waals surface area contributed by atoms with Gasteiger partial charge in [-0.1, -0.05) is 20.3 Å². The molecule has 0 saturated heterocycles. The Bertz CT molecular complexity index is 226. The second kappa shape index (κ2) is 6.24. The fourth-order valence-electron chi connectivity index (χ4n) is 2.29. The molecule has 16 heavy (non-hydrogen) atoms. The second-order valence-corrected chi connectivity index (χ2v) is 4.94. The van der Waals surface area contributed by atoms with E-state index in [9.17, 15) is 4.79 Å². The first-order chi connectivity index (χ1) is 7.60. The molecule has 0 aliphatic heterocycles. The molecule has 2 unspecified atom stereocenters. The van der Waals surface area contributed by atoms with Crippen LogP contribution in [0.1, 0.15) is 40.0 Å². The van der Waals surface area contributed by atoms with E-state index in [4.69, 9.17) is 4.74 Å². The molecule has 0 N–H and O–H groups in total. The highest BCUT2D eigenvalue weighted by atomic mass is 16.5. The van der Waals surface area contributed by atoms with E-state index >= 15 is 0 Å². The van der Waals surface area contributed by atoms with Gasteiger partial charge in [0.15, 0.2) is 0 Å². The van der Waals surface area contributed by atoms with Crippen LogP contribution < -0.4 is 0 Å². The van der Waals surface area contributed by atoms with Gasteiger partial charge in [-0.25, -0.2) is 0 Å². The first kappa shape index (κ1) is 13.5. The highest BCUT2D eigenvalue weighted by molar-refractivity contribution is 5.72. The zero-order valence-corrected chi connectivity index (χ0v) is 11.0. The maximum Gasteiger partial charge on any atom is 0.309 e. The van der Waals surface area contributed by atoms with Gasteiger partial charge in [-0.3, -0.25) is 9.69 Å². The van der Waals surface area contributed by atoms with Gasteiger partial charge >= 0.3 is 5.97 Å². The van der Waals surface area contributed by atoms with Gasteiger partial charge in [0.05, 0.1) is 13.0 Å². The van der Waals surface area contributed by atoms with Crippen molar-refractivity contribution in [2.45, 2.75) is 46.1 Å². The third kappa shape index (κ3) is 3.21. The third-order valence-corrected chi connectivity index (χ3v) is 4.00. The summed E-state index contributed by atoms with van der Waals surface area (Å²) in [5.74, 6) is 0.719. The Kier molecular flexibility index (Phi) is 5.26. The number of ether oxygens (including phenoxy) is 1. The third-order valence-electron chi connectivity index (χ3n) is 4.00. The van der Waals surface area contributed by atoms with Crippen molar-refractivity contribution in [2.75, 3.05) is 20.2 Å². The Morgan fingerprint density at radius 2 is 2.06 bits per heavy atom. The van der Waals surface area contributed by atoms with Crippen molar-refractivity contribution in [2.24, 2.45) is 11.8 Å². The highest BCUT2D eigenvalue weighted by Gasteiger charge is 2.28. The summed E-state index contributed by atoms with van der Waals surface area (Å²) in [6, 6.07) is 0.276. The van der Waals surface area contributed by atoms with E-state index < -0.39 is 0 Å². The molecule has 2 atom stereocenters. The number of methoxy groups -OCH3 is 1. The molecule has 3 nitrogen and oxygen atoms in total. The monoisotopic (exact) mass is 227 g/mol. The van der Waals surface area contributed by atoms with Crippen molar-refractivity contribution < 1.29 is 9.53 Å². The van der Waals surface area contributed by atoms with Gasteiger partial charge in [-0.05, 0) is 32.2 Å². The summed E-state index contributed by atoms with van der Waals surface area (Å²) in [6.45, 7) is 8.40. The number of rotatable bonds is 6. The summed E-state index contributed by atoms with van der Waals surface area (Å²) < 4.78 is 4.81. The Balaban J connectivity index is 2.46.